The summed E-state index contributed by atoms with van der Waals surface area (Å²) in [6, 6.07) is 9.12. The number of carbonyl (C=O) groups excluding carboxylic acids is 1. The van der Waals surface area contributed by atoms with Gasteiger partial charge in [-0.05, 0) is 47.0 Å². The van der Waals surface area contributed by atoms with E-state index >= 15 is 0 Å². The molecule has 2 aromatic rings. The molecule has 0 heterocycles. The van der Waals surface area contributed by atoms with E-state index in [1.807, 2.05) is 0 Å². The summed E-state index contributed by atoms with van der Waals surface area (Å²) < 4.78 is 38.0. The van der Waals surface area contributed by atoms with E-state index in [0.717, 1.165) is 12.1 Å². The third-order valence-corrected chi connectivity index (χ3v) is 3.23. The summed E-state index contributed by atoms with van der Waals surface area (Å²) >= 11 is 11.2. The van der Waals surface area contributed by atoms with Gasteiger partial charge < -0.3 is 0 Å². The Bertz CT molecular complexity index is 666. The van der Waals surface area contributed by atoms with Crippen molar-refractivity contribution in [2.24, 2.45) is 0 Å². The number of hydrogen-bond acceptors (Lipinski definition) is 1. The van der Waals surface area contributed by atoms with E-state index in [9.17, 15) is 18.0 Å². The molecule has 0 amide bonds. The number of hydrogen-bond donors (Lipinski definition) is 0. The summed E-state index contributed by atoms with van der Waals surface area (Å²) in [7, 11) is 0. The fourth-order valence-electron chi connectivity index (χ4n) is 1.73. The number of benzene rings is 2. The first-order valence-corrected chi connectivity index (χ1v) is 6.21. The lowest BCUT2D eigenvalue weighted by molar-refractivity contribution is -0.137. The average molecular weight is 319 g/mol. The minimum Gasteiger partial charge on any atom is -0.276 e. The lowest BCUT2D eigenvalue weighted by atomic mass is 10.0. The molecule has 2 rings (SSSR count). The highest BCUT2D eigenvalue weighted by Gasteiger charge is 2.30. The number of rotatable bonds is 2. The molecule has 0 atom stereocenters. The van der Waals surface area contributed by atoms with Crippen LogP contribution in [-0.4, -0.2) is 5.24 Å². The van der Waals surface area contributed by atoms with Crippen molar-refractivity contribution in [3.05, 3.63) is 58.6 Å². The molecule has 0 aliphatic heterocycles. The van der Waals surface area contributed by atoms with E-state index < -0.39 is 17.0 Å². The molecule has 0 saturated heterocycles. The third kappa shape index (κ3) is 3.14. The molecule has 0 spiro atoms. The maximum Gasteiger partial charge on any atom is 0.416 e. The zero-order chi connectivity index (χ0) is 14.9. The van der Waals surface area contributed by atoms with Gasteiger partial charge in [-0.1, -0.05) is 29.8 Å². The van der Waals surface area contributed by atoms with Crippen LogP contribution in [0.5, 0.6) is 0 Å². The lowest BCUT2D eigenvalue weighted by Gasteiger charge is -2.09. The largest absolute Gasteiger partial charge is 0.416 e. The van der Waals surface area contributed by atoms with E-state index in [2.05, 4.69) is 0 Å². The van der Waals surface area contributed by atoms with Crippen LogP contribution in [0, 0.1) is 0 Å². The van der Waals surface area contributed by atoms with Crippen LogP contribution >= 0.6 is 23.2 Å². The highest BCUT2D eigenvalue weighted by molar-refractivity contribution is 6.68. The van der Waals surface area contributed by atoms with Crippen molar-refractivity contribution in [3.63, 3.8) is 0 Å². The van der Waals surface area contributed by atoms with Crippen LogP contribution < -0.4 is 0 Å². The summed E-state index contributed by atoms with van der Waals surface area (Å²) in [5.41, 5.74) is 0.0621. The van der Waals surface area contributed by atoms with Gasteiger partial charge in [-0.25, -0.2) is 0 Å². The molecular formula is C14H7Cl2F3O. The summed E-state index contributed by atoms with van der Waals surface area (Å²) in [5, 5.41) is -0.607. The van der Waals surface area contributed by atoms with Crippen molar-refractivity contribution < 1.29 is 18.0 Å². The Balaban J connectivity index is 2.52. The molecule has 0 N–H and O–H groups in total. The highest BCUT2D eigenvalue weighted by atomic mass is 35.5. The van der Waals surface area contributed by atoms with Gasteiger partial charge in [-0.3, -0.25) is 4.79 Å². The first-order valence-electron chi connectivity index (χ1n) is 5.46. The second-order valence-electron chi connectivity index (χ2n) is 4.05. The van der Waals surface area contributed by atoms with Crippen LogP contribution in [0.4, 0.5) is 13.2 Å². The minimum atomic E-state index is -4.42. The van der Waals surface area contributed by atoms with Crippen molar-refractivity contribution in [2.75, 3.05) is 0 Å². The molecule has 0 aromatic heterocycles. The molecule has 6 heteroatoms. The Morgan fingerprint density at radius 3 is 2.25 bits per heavy atom. The number of carbonyl (C=O) groups is 1. The zero-order valence-electron chi connectivity index (χ0n) is 9.84. The Morgan fingerprint density at radius 2 is 1.65 bits per heavy atom. The Morgan fingerprint density at radius 1 is 1.00 bits per heavy atom. The molecule has 0 bridgehead atoms. The van der Waals surface area contributed by atoms with Gasteiger partial charge in [0.1, 0.15) is 0 Å². The minimum absolute atomic E-state index is 0.0586. The second-order valence-corrected chi connectivity index (χ2v) is 4.80. The fourth-order valence-corrected chi connectivity index (χ4v) is 2.14. The predicted octanol–water partition coefficient (Wildman–Crippen LogP) is 5.40. The van der Waals surface area contributed by atoms with Crippen LogP contribution in [0.2, 0.25) is 5.02 Å². The standard InChI is InChI=1S/C14H7Cl2F3O/c15-12-5-4-9(7-11(12)13(16)20)8-2-1-3-10(6-8)14(17,18)19/h1-7H. The molecule has 0 aliphatic carbocycles. The summed E-state index contributed by atoms with van der Waals surface area (Å²) in [6.45, 7) is 0. The van der Waals surface area contributed by atoms with Gasteiger partial charge in [0.05, 0.1) is 16.1 Å². The van der Waals surface area contributed by atoms with E-state index in [1.54, 1.807) is 0 Å². The molecule has 0 unspecified atom stereocenters. The average Bonchev–Trinajstić information content (AvgIpc) is 2.38. The topological polar surface area (TPSA) is 17.1 Å². The van der Waals surface area contributed by atoms with Crippen LogP contribution in [0.25, 0.3) is 11.1 Å². The van der Waals surface area contributed by atoms with Gasteiger partial charge in [-0.2, -0.15) is 13.2 Å². The van der Waals surface area contributed by atoms with Gasteiger partial charge >= 0.3 is 6.18 Å². The maximum atomic E-state index is 12.7. The van der Waals surface area contributed by atoms with Gasteiger partial charge in [-0.15, -0.1) is 0 Å². The molecule has 1 nitrogen and oxygen atoms in total. The van der Waals surface area contributed by atoms with Crippen LogP contribution in [0.3, 0.4) is 0 Å². The highest BCUT2D eigenvalue weighted by Crippen LogP contribution is 2.33. The summed E-state index contributed by atoms with van der Waals surface area (Å²) in [5.74, 6) is 0. The molecule has 104 valence electrons. The SMILES string of the molecule is O=C(Cl)c1cc(-c2cccc(C(F)(F)F)c2)ccc1Cl. The van der Waals surface area contributed by atoms with E-state index in [1.165, 1.54) is 30.3 Å². The van der Waals surface area contributed by atoms with Crippen LogP contribution in [-0.2, 0) is 6.18 Å². The quantitative estimate of drug-likeness (QED) is 0.677. The molecule has 0 saturated carbocycles. The maximum absolute atomic E-state index is 12.7. The van der Waals surface area contributed by atoms with E-state index in [-0.39, 0.29) is 10.6 Å². The lowest BCUT2D eigenvalue weighted by Crippen LogP contribution is -2.04. The van der Waals surface area contributed by atoms with Gasteiger partial charge in [0.25, 0.3) is 5.24 Å². The van der Waals surface area contributed by atoms with Gasteiger partial charge in [0, 0.05) is 0 Å². The molecule has 2 aromatic carbocycles. The zero-order valence-corrected chi connectivity index (χ0v) is 11.4. The van der Waals surface area contributed by atoms with Crippen molar-refractivity contribution in [1.82, 2.24) is 0 Å². The van der Waals surface area contributed by atoms with E-state index in [0.29, 0.717) is 11.1 Å². The first-order chi connectivity index (χ1) is 9.29. The van der Waals surface area contributed by atoms with Crippen molar-refractivity contribution in [3.8, 4) is 11.1 Å². The summed E-state index contributed by atoms with van der Waals surface area (Å²) in [6.07, 6.45) is -4.42. The van der Waals surface area contributed by atoms with E-state index in [4.69, 9.17) is 23.2 Å². The number of alkyl halides is 3. The molecule has 0 fully saturated rings. The van der Waals surface area contributed by atoms with Crippen molar-refractivity contribution in [2.45, 2.75) is 6.18 Å². The van der Waals surface area contributed by atoms with Gasteiger partial charge in [0.15, 0.2) is 0 Å². The Labute approximate surface area is 122 Å². The number of halogens is 5. The van der Waals surface area contributed by atoms with Crippen LogP contribution in [0.1, 0.15) is 15.9 Å². The predicted molar refractivity (Wildman–Crippen MR) is 72.1 cm³/mol. The Kier molecular flexibility index (Phi) is 4.06. The van der Waals surface area contributed by atoms with Crippen molar-refractivity contribution in [1.29, 1.82) is 0 Å². The Hall–Kier alpha value is -1.52. The fraction of sp³-hybridized carbons (Fsp3) is 0.0714. The monoisotopic (exact) mass is 318 g/mol. The third-order valence-electron chi connectivity index (χ3n) is 2.70. The van der Waals surface area contributed by atoms with Crippen LogP contribution in [0.15, 0.2) is 42.5 Å². The van der Waals surface area contributed by atoms with Gasteiger partial charge in [0.2, 0.25) is 0 Å². The summed E-state index contributed by atoms with van der Waals surface area (Å²) in [4.78, 5) is 11.2. The molecular weight excluding hydrogens is 312 g/mol. The molecule has 0 radical (unpaired) electrons. The normalized spacial score (nSPS) is 11.4. The molecule has 20 heavy (non-hydrogen) atoms. The smallest absolute Gasteiger partial charge is 0.276 e. The second kappa shape index (κ2) is 5.46. The molecule has 0 aliphatic rings. The van der Waals surface area contributed by atoms with Crippen molar-refractivity contribution >= 4 is 28.4 Å². The first kappa shape index (κ1) is 14.9.